The van der Waals surface area contributed by atoms with Gasteiger partial charge in [-0.3, -0.25) is 4.79 Å². The lowest BCUT2D eigenvalue weighted by atomic mass is 10.2. The maximum absolute atomic E-state index is 11.6. The maximum Gasteiger partial charge on any atom is 0.319 e. The van der Waals surface area contributed by atoms with Crippen LogP contribution in [0.1, 0.15) is 25.3 Å². The molecule has 0 aromatic heterocycles. The van der Waals surface area contributed by atoms with Crippen LogP contribution in [0.5, 0.6) is 0 Å². The molecule has 6 heteroatoms. The third kappa shape index (κ3) is 6.56. The number of urea groups is 1. The standard InChI is InChI=1S/C14H20BrN3O2/c1-10-5-6-12(9-13(10)15)18-14(20)17-8-4-3-7-16-11(2)19/h5-6,9H,3-4,7-8H2,1-2H3,(H,16,19)(H2,17,18,20). The molecule has 1 aromatic rings. The number of nitrogens with one attached hydrogen (secondary N) is 3. The minimum absolute atomic E-state index is 0.0272. The van der Waals surface area contributed by atoms with Gasteiger partial charge in [-0.15, -0.1) is 0 Å². The van der Waals surface area contributed by atoms with Crippen LogP contribution >= 0.6 is 15.9 Å². The number of hydrogen-bond donors (Lipinski definition) is 3. The maximum atomic E-state index is 11.6. The lowest BCUT2D eigenvalue weighted by molar-refractivity contribution is -0.118. The van der Waals surface area contributed by atoms with Crippen LogP contribution in [0.25, 0.3) is 0 Å². The third-order valence-corrected chi connectivity index (χ3v) is 3.55. The summed E-state index contributed by atoms with van der Waals surface area (Å²) >= 11 is 3.42. The number of rotatable bonds is 6. The van der Waals surface area contributed by atoms with Gasteiger partial charge in [0.2, 0.25) is 5.91 Å². The third-order valence-electron chi connectivity index (χ3n) is 2.69. The zero-order valence-electron chi connectivity index (χ0n) is 11.8. The molecule has 0 aliphatic heterocycles. The van der Waals surface area contributed by atoms with E-state index < -0.39 is 0 Å². The van der Waals surface area contributed by atoms with Gasteiger partial charge in [0.15, 0.2) is 0 Å². The van der Waals surface area contributed by atoms with Crippen LogP contribution in [0.3, 0.4) is 0 Å². The number of carbonyl (C=O) groups excluding carboxylic acids is 2. The summed E-state index contributed by atoms with van der Waals surface area (Å²) in [7, 11) is 0. The summed E-state index contributed by atoms with van der Waals surface area (Å²) in [4.78, 5) is 22.3. The van der Waals surface area contributed by atoms with Gasteiger partial charge in [0.25, 0.3) is 0 Å². The number of amides is 3. The van der Waals surface area contributed by atoms with E-state index in [0.717, 1.165) is 28.6 Å². The Morgan fingerprint density at radius 2 is 1.80 bits per heavy atom. The Bertz CT molecular complexity index is 477. The van der Waals surface area contributed by atoms with Gasteiger partial charge in [0.05, 0.1) is 0 Å². The van der Waals surface area contributed by atoms with E-state index in [-0.39, 0.29) is 11.9 Å². The highest BCUT2D eigenvalue weighted by Gasteiger charge is 2.02. The van der Waals surface area contributed by atoms with Crippen molar-refractivity contribution in [3.8, 4) is 0 Å². The van der Waals surface area contributed by atoms with Gasteiger partial charge >= 0.3 is 6.03 Å². The number of hydrogen-bond acceptors (Lipinski definition) is 2. The quantitative estimate of drug-likeness (QED) is 0.696. The fourth-order valence-corrected chi connectivity index (χ4v) is 1.94. The molecule has 110 valence electrons. The topological polar surface area (TPSA) is 70.2 Å². The van der Waals surface area contributed by atoms with Gasteiger partial charge in [-0.25, -0.2) is 4.79 Å². The van der Waals surface area contributed by atoms with Crippen LogP contribution in [0, 0.1) is 6.92 Å². The van der Waals surface area contributed by atoms with Crippen LogP contribution < -0.4 is 16.0 Å². The normalized spacial score (nSPS) is 9.95. The summed E-state index contributed by atoms with van der Waals surface area (Å²) in [6.07, 6.45) is 1.67. The molecule has 0 bridgehead atoms. The lowest BCUT2D eigenvalue weighted by Crippen LogP contribution is -2.30. The molecule has 3 amide bonds. The van der Waals surface area contributed by atoms with Gasteiger partial charge in [0, 0.05) is 30.2 Å². The van der Waals surface area contributed by atoms with Crippen molar-refractivity contribution >= 4 is 33.6 Å². The van der Waals surface area contributed by atoms with Crippen molar-refractivity contribution in [2.45, 2.75) is 26.7 Å². The van der Waals surface area contributed by atoms with Crippen LogP contribution in [-0.4, -0.2) is 25.0 Å². The van der Waals surface area contributed by atoms with Crippen molar-refractivity contribution in [1.29, 1.82) is 0 Å². The number of carbonyl (C=O) groups is 2. The SMILES string of the molecule is CC(=O)NCCCCNC(=O)Nc1ccc(C)c(Br)c1. The van der Waals surface area contributed by atoms with Gasteiger partial charge in [-0.1, -0.05) is 22.0 Å². The Kier molecular flexibility index (Phi) is 7.08. The molecular formula is C14H20BrN3O2. The van der Waals surface area contributed by atoms with Gasteiger partial charge < -0.3 is 16.0 Å². The molecule has 0 atom stereocenters. The van der Waals surface area contributed by atoms with Crippen molar-refractivity contribution in [3.63, 3.8) is 0 Å². The second-order valence-electron chi connectivity index (χ2n) is 4.53. The molecule has 1 rings (SSSR count). The van der Waals surface area contributed by atoms with E-state index in [1.54, 1.807) is 0 Å². The van der Waals surface area contributed by atoms with Crippen molar-refractivity contribution in [2.75, 3.05) is 18.4 Å². The van der Waals surface area contributed by atoms with E-state index in [0.29, 0.717) is 13.1 Å². The highest BCUT2D eigenvalue weighted by atomic mass is 79.9. The van der Waals surface area contributed by atoms with Crippen LogP contribution in [0.2, 0.25) is 0 Å². The Morgan fingerprint density at radius 1 is 1.15 bits per heavy atom. The van der Waals surface area contributed by atoms with Crippen LogP contribution in [0.15, 0.2) is 22.7 Å². The molecule has 0 aliphatic carbocycles. The molecule has 0 saturated carbocycles. The molecule has 0 spiro atoms. The number of anilines is 1. The Morgan fingerprint density at radius 3 is 2.40 bits per heavy atom. The lowest BCUT2D eigenvalue weighted by Gasteiger charge is -2.09. The summed E-state index contributed by atoms with van der Waals surface area (Å²) in [5.74, 6) is -0.0272. The predicted octanol–water partition coefficient (Wildman–Crippen LogP) is 2.80. The first kappa shape index (κ1) is 16.5. The van der Waals surface area contributed by atoms with Crippen LogP contribution in [-0.2, 0) is 4.79 Å². The second kappa shape index (κ2) is 8.58. The van der Waals surface area contributed by atoms with Crippen LogP contribution in [0.4, 0.5) is 10.5 Å². The Balaban J connectivity index is 2.20. The largest absolute Gasteiger partial charge is 0.356 e. The molecule has 0 heterocycles. The summed E-state index contributed by atoms with van der Waals surface area (Å²) in [6.45, 7) is 4.70. The molecule has 0 aliphatic rings. The molecule has 0 fully saturated rings. The zero-order valence-corrected chi connectivity index (χ0v) is 13.3. The predicted molar refractivity (Wildman–Crippen MR) is 83.8 cm³/mol. The number of halogens is 1. The molecule has 5 nitrogen and oxygen atoms in total. The average Bonchev–Trinajstić information content (AvgIpc) is 2.38. The highest BCUT2D eigenvalue weighted by molar-refractivity contribution is 9.10. The molecule has 0 saturated heterocycles. The zero-order chi connectivity index (χ0) is 15.0. The fourth-order valence-electron chi connectivity index (χ4n) is 1.56. The molecule has 1 aromatic carbocycles. The minimum atomic E-state index is -0.222. The molecule has 0 radical (unpaired) electrons. The Labute approximate surface area is 127 Å². The monoisotopic (exact) mass is 341 g/mol. The number of unbranched alkanes of at least 4 members (excludes halogenated alkanes) is 1. The van der Waals surface area contributed by atoms with Crippen molar-refractivity contribution in [1.82, 2.24) is 10.6 Å². The molecule has 20 heavy (non-hydrogen) atoms. The van der Waals surface area contributed by atoms with E-state index in [2.05, 4.69) is 31.9 Å². The highest BCUT2D eigenvalue weighted by Crippen LogP contribution is 2.20. The summed E-state index contributed by atoms with van der Waals surface area (Å²) in [5.41, 5.74) is 1.87. The van der Waals surface area contributed by atoms with Gasteiger partial charge in [-0.2, -0.15) is 0 Å². The van der Waals surface area contributed by atoms with Gasteiger partial charge in [0.1, 0.15) is 0 Å². The van der Waals surface area contributed by atoms with E-state index in [9.17, 15) is 9.59 Å². The molecule has 3 N–H and O–H groups in total. The number of aryl methyl sites for hydroxylation is 1. The van der Waals surface area contributed by atoms with Crippen molar-refractivity contribution in [3.05, 3.63) is 28.2 Å². The summed E-state index contributed by atoms with van der Waals surface area (Å²) in [6, 6.07) is 5.44. The van der Waals surface area contributed by atoms with Crippen molar-refractivity contribution in [2.24, 2.45) is 0 Å². The number of benzene rings is 1. The smallest absolute Gasteiger partial charge is 0.319 e. The van der Waals surface area contributed by atoms with E-state index in [1.807, 2.05) is 25.1 Å². The summed E-state index contributed by atoms with van der Waals surface area (Å²) < 4.78 is 0.964. The summed E-state index contributed by atoms with van der Waals surface area (Å²) in [5, 5.41) is 8.26. The Hall–Kier alpha value is -1.56. The average molecular weight is 342 g/mol. The second-order valence-corrected chi connectivity index (χ2v) is 5.39. The minimum Gasteiger partial charge on any atom is -0.356 e. The van der Waals surface area contributed by atoms with E-state index in [4.69, 9.17) is 0 Å². The first-order valence-corrected chi connectivity index (χ1v) is 7.34. The molecular weight excluding hydrogens is 322 g/mol. The van der Waals surface area contributed by atoms with Gasteiger partial charge in [-0.05, 0) is 37.5 Å². The fraction of sp³-hybridized carbons (Fsp3) is 0.429. The first-order valence-electron chi connectivity index (χ1n) is 6.54. The van der Waals surface area contributed by atoms with E-state index in [1.165, 1.54) is 6.92 Å². The van der Waals surface area contributed by atoms with Crippen molar-refractivity contribution < 1.29 is 9.59 Å². The molecule has 0 unspecified atom stereocenters. The first-order chi connectivity index (χ1) is 9.49. The van der Waals surface area contributed by atoms with E-state index >= 15 is 0 Å².